The Morgan fingerprint density at radius 3 is 3.06 bits per heavy atom. The maximum atomic E-state index is 13.3. The summed E-state index contributed by atoms with van der Waals surface area (Å²) in [6, 6.07) is 6.77. The zero-order valence-corrected chi connectivity index (χ0v) is 10.2. The number of halogens is 1. The molecule has 1 N–H and O–H groups in total. The third-order valence-electron chi connectivity index (χ3n) is 2.94. The van der Waals surface area contributed by atoms with Crippen LogP contribution < -0.4 is 5.32 Å². The van der Waals surface area contributed by atoms with Crippen LogP contribution in [0.3, 0.4) is 0 Å². The topological polar surface area (TPSA) is 24.5 Å². The van der Waals surface area contributed by atoms with Crippen molar-refractivity contribution < 1.29 is 9.13 Å². The Morgan fingerprint density at radius 1 is 1.47 bits per heavy atom. The summed E-state index contributed by atoms with van der Waals surface area (Å²) in [6.45, 7) is 6.47. The minimum absolute atomic E-state index is 0.192. The Labute approximate surface area is 102 Å². The number of hydrogen-bond donors (Lipinski definition) is 1. The first-order chi connectivity index (χ1) is 8.25. The zero-order valence-electron chi connectivity index (χ0n) is 10.2. The van der Waals surface area contributed by atoms with Gasteiger partial charge in [-0.05, 0) is 19.1 Å². The number of nitrogens with zero attached hydrogens (tertiary/aromatic N) is 1. The molecule has 4 heteroatoms. The van der Waals surface area contributed by atoms with E-state index >= 15 is 0 Å². The molecule has 3 nitrogen and oxygen atoms in total. The van der Waals surface area contributed by atoms with Gasteiger partial charge in [-0.15, -0.1) is 0 Å². The molecule has 17 heavy (non-hydrogen) atoms. The van der Waals surface area contributed by atoms with Crippen LogP contribution in [0.25, 0.3) is 0 Å². The van der Waals surface area contributed by atoms with E-state index in [1.165, 1.54) is 6.07 Å². The molecule has 1 fully saturated rings. The molecule has 0 amide bonds. The number of morpholine rings is 1. The van der Waals surface area contributed by atoms with Crippen LogP contribution in [-0.2, 0) is 4.74 Å². The first kappa shape index (κ1) is 12.3. The fraction of sp³-hybridized carbons (Fsp3) is 0.538. The van der Waals surface area contributed by atoms with E-state index < -0.39 is 0 Å². The SMILES string of the molecule is CC1CN(CCNc2ccccc2F)CCO1. The molecule has 1 heterocycles. The molecule has 0 spiro atoms. The van der Waals surface area contributed by atoms with Crippen LogP contribution in [0.1, 0.15) is 6.92 Å². The Morgan fingerprint density at radius 2 is 2.29 bits per heavy atom. The van der Waals surface area contributed by atoms with E-state index in [0.29, 0.717) is 11.8 Å². The highest BCUT2D eigenvalue weighted by molar-refractivity contribution is 5.44. The molecule has 1 saturated heterocycles. The van der Waals surface area contributed by atoms with E-state index in [9.17, 15) is 4.39 Å². The molecule has 1 unspecified atom stereocenters. The molecule has 0 radical (unpaired) electrons. The van der Waals surface area contributed by atoms with Crippen LogP contribution >= 0.6 is 0 Å². The monoisotopic (exact) mass is 238 g/mol. The molecule has 1 atom stereocenters. The minimum atomic E-state index is -0.192. The third kappa shape index (κ3) is 3.68. The second kappa shape index (κ2) is 5.98. The number of ether oxygens (including phenoxy) is 1. The highest BCUT2D eigenvalue weighted by Gasteiger charge is 2.15. The van der Waals surface area contributed by atoms with Crippen molar-refractivity contribution in [3.63, 3.8) is 0 Å². The minimum Gasteiger partial charge on any atom is -0.381 e. The van der Waals surface area contributed by atoms with E-state index in [-0.39, 0.29) is 5.82 Å². The lowest BCUT2D eigenvalue weighted by molar-refractivity contribution is -0.0166. The largest absolute Gasteiger partial charge is 0.381 e. The molecule has 1 aromatic rings. The van der Waals surface area contributed by atoms with Gasteiger partial charge in [-0.2, -0.15) is 0 Å². The number of anilines is 1. The van der Waals surface area contributed by atoms with Gasteiger partial charge < -0.3 is 10.1 Å². The Kier molecular flexibility index (Phi) is 4.34. The normalized spacial score (nSPS) is 21.4. The number of para-hydroxylation sites is 1. The van der Waals surface area contributed by atoms with E-state index in [1.54, 1.807) is 12.1 Å². The molecule has 0 bridgehead atoms. The van der Waals surface area contributed by atoms with Gasteiger partial charge in [0.2, 0.25) is 0 Å². The van der Waals surface area contributed by atoms with E-state index in [2.05, 4.69) is 17.1 Å². The van der Waals surface area contributed by atoms with Gasteiger partial charge in [0.25, 0.3) is 0 Å². The maximum absolute atomic E-state index is 13.3. The van der Waals surface area contributed by atoms with Crippen molar-refractivity contribution in [1.82, 2.24) is 4.90 Å². The molecule has 0 aromatic heterocycles. The lowest BCUT2D eigenvalue weighted by Crippen LogP contribution is -2.43. The van der Waals surface area contributed by atoms with Crippen molar-refractivity contribution >= 4 is 5.69 Å². The van der Waals surface area contributed by atoms with Crippen molar-refractivity contribution in [2.24, 2.45) is 0 Å². The number of rotatable bonds is 4. The first-order valence-electron chi connectivity index (χ1n) is 6.08. The van der Waals surface area contributed by atoms with Gasteiger partial charge in [0.15, 0.2) is 0 Å². The fourth-order valence-corrected chi connectivity index (χ4v) is 2.05. The van der Waals surface area contributed by atoms with Crippen molar-refractivity contribution in [2.45, 2.75) is 13.0 Å². The van der Waals surface area contributed by atoms with Crippen LogP contribution in [0, 0.1) is 5.82 Å². The highest BCUT2D eigenvalue weighted by atomic mass is 19.1. The van der Waals surface area contributed by atoms with Crippen LogP contribution in [0.2, 0.25) is 0 Å². The molecule has 0 aliphatic carbocycles. The van der Waals surface area contributed by atoms with E-state index in [4.69, 9.17) is 4.74 Å². The second-order valence-corrected chi connectivity index (χ2v) is 4.39. The standard InChI is InChI=1S/C13H19FN2O/c1-11-10-16(8-9-17-11)7-6-15-13-5-3-2-4-12(13)14/h2-5,11,15H,6-10H2,1H3. The van der Waals surface area contributed by atoms with Gasteiger partial charge in [-0.1, -0.05) is 12.1 Å². The average molecular weight is 238 g/mol. The lowest BCUT2D eigenvalue weighted by Gasteiger charge is -2.31. The summed E-state index contributed by atoms with van der Waals surface area (Å²) in [5, 5.41) is 3.12. The lowest BCUT2D eigenvalue weighted by atomic mass is 10.3. The van der Waals surface area contributed by atoms with E-state index in [0.717, 1.165) is 32.8 Å². The van der Waals surface area contributed by atoms with Gasteiger partial charge in [0.05, 0.1) is 18.4 Å². The highest BCUT2D eigenvalue weighted by Crippen LogP contribution is 2.12. The number of benzene rings is 1. The third-order valence-corrected chi connectivity index (χ3v) is 2.94. The molecular formula is C13H19FN2O. The summed E-state index contributed by atoms with van der Waals surface area (Å²) in [7, 11) is 0. The molecule has 1 aliphatic rings. The maximum Gasteiger partial charge on any atom is 0.146 e. The summed E-state index contributed by atoms with van der Waals surface area (Å²) in [4.78, 5) is 2.34. The summed E-state index contributed by atoms with van der Waals surface area (Å²) >= 11 is 0. The van der Waals surface area contributed by atoms with Crippen molar-refractivity contribution in [2.75, 3.05) is 38.1 Å². The fourth-order valence-electron chi connectivity index (χ4n) is 2.05. The summed E-state index contributed by atoms with van der Waals surface area (Å²) in [5.41, 5.74) is 0.578. The molecule has 2 rings (SSSR count). The summed E-state index contributed by atoms with van der Waals surface area (Å²) in [6.07, 6.45) is 0.303. The van der Waals surface area contributed by atoms with Crippen molar-refractivity contribution in [1.29, 1.82) is 0 Å². The zero-order chi connectivity index (χ0) is 12.1. The van der Waals surface area contributed by atoms with Crippen LogP contribution in [0.15, 0.2) is 24.3 Å². The predicted molar refractivity (Wildman–Crippen MR) is 66.7 cm³/mol. The average Bonchev–Trinajstić information content (AvgIpc) is 2.32. The van der Waals surface area contributed by atoms with Gasteiger partial charge in [0.1, 0.15) is 5.82 Å². The van der Waals surface area contributed by atoms with Crippen LogP contribution in [-0.4, -0.2) is 43.8 Å². The van der Waals surface area contributed by atoms with Crippen LogP contribution in [0.4, 0.5) is 10.1 Å². The molecule has 94 valence electrons. The second-order valence-electron chi connectivity index (χ2n) is 4.39. The molecular weight excluding hydrogens is 219 g/mol. The van der Waals surface area contributed by atoms with Gasteiger partial charge in [-0.25, -0.2) is 4.39 Å². The van der Waals surface area contributed by atoms with E-state index in [1.807, 2.05) is 6.07 Å². The Bertz CT molecular complexity index is 359. The smallest absolute Gasteiger partial charge is 0.146 e. The van der Waals surface area contributed by atoms with Gasteiger partial charge >= 0.3 is 0 Å². The summed E-state index contributed by atoms with van der Waals surface area (Å²) in [5.74, 6) is -0.192. The van der Waals surface area contributed by atoms with Crippen molar-refractivity contribution in [3.05, 3.63) is 30.1 Å². The Balaban J connectivity index is 1.74. The molecule has 0 saturated carbocycles. The number of hydrogen-bond acceptors (Lipinski definition) is 3. The molecule has 1 aromatic carbocycles. The Hall–Kier alpha value is -1.13. The molecule has 1 aliphatic heterocycles. The quantitative estimate of drug-likeness (QED) is 0.867. The first-order valence-corrected chi connectivity index (χ1v) is 6.08. The number of nitrogens with one attached hydrogen (secondary N) is 1. The van der Waals surface area contributed by atoms with Gasteiger partial charge in [0, 0.05) is 26.2 Å². The van der Waals surface area contributed by atoms with Crippen LogP contribution in [0.5, 0.6) is 0 Å². The van der Waals surface area contributed by atoms with Gasteiger partial charge in [-0.3, -0.25) is 4.90 Å². The predicted octanol–water partition coefficient (Wildman–Crippen LogP) is 1.96. The summed E-state index contributed by atoms with van der Waals surface area (Å²) < 4.78 is 18.8. The van der Waals surface area contributed by atoms with Crippen molar-refractivity contribution in [3.8, 4) is 0 Å².